The van der Waals surface area contributed by atoms with Crippen LogP contribution < -0.4 is 10.1 Å². The standard InChI is InChI=1S/C30H34ClN3O/c1-21(19-32-27-11-6-9-23-8-3-4-10-26(23)27)17-18-34-28-12-5-7-22(2)30(28)33-29(34)20-35-25-15-13-24(31)14-16-25/h3-5,7-8,10,12-16,21,27,32H,6,9,11,17-20H2,1-2H3. The van der Waals surface area contributed by atoms with E-state index in [-0.39, 0.29) is 0 Å². The van der Waals surface area contributed by atoms with E-state index in [4.69, 9.17) is 21.3 Å². The summed E-state index contributed by atoms with van der Waals surface area (Å²) in [6.45, 7) is 6.83. The van der Waals surface area contributed by atoms with Crippen molar-refractivity contribution in [2.24, 2.45) is 5.92 Å². The zero-order valence-corrected chi connectivity index (χ0v) is 21.4. The Morgan fingerprint density at radius 3 is 2.77 bits per heavy atom. The first-order valence-electron chi connectivity index (χ1n) is 12.7. The molecule has 0 fully saturated rings. The minimum atomic E-state index is 0.432. The lowest BCUT2D eigenvalue weighted by atomic mass is 9.87. The Morgan fingerprint density at radius 1 is 1.09 bits per heavy atom. The molecular weight excluding hydrogens is 454 g/mol. The first-order valence-corrected chi connectivity index (χ1v) is 13.1. The van der Waals surface area contributed by atoms with Crippen LogP contribution in [0.1, 0.15) is 54.7 Å². The van der Waals surface area contributed by atoms with Crippen LogP contribution in [0, 0.1) is 12.8 Å². The summed E-state index contributed by atoms with van der Waals surface area (Å²) in [5.41, 5.74) is 6.44. The Labute approximate surface area is 213 Å². The number of para-hydroxylation sites is 1. The maximum absolute atomic E-state index is 6.07. The summed E-state index contributed by atoms with van der Waals surface area (Å²) < 4.78 is 8.41. The van der Waals surface area contributed by atoms with Gasteiger partial charge in [0.1, 0.15) is 18.2 Å². The van der Waals surface area contributed by atoms with Crippen molar-refractivity contribution in [2.45, 2.75) is 58.7 Å². The number of halogens is 1. The van der Waals surface area contributed by atoms with E-state index < -0.39 is 0 Å². The van der Waals surface area contributed by atoms with E-state index in [2.05, 4.69) is 66.2 Å². The SMILES string of the molecule is Cc1cccc2c1nc(COc1ccc(Cl)cc1)n2CCC(C)CNC1CCCc2ccccc21. The fourth-order valence-corrected chi connectivity index (χ4v) is 5.26. The largest absolute Gasteiger partial charge is 0.486 e. The maximum atomic E-state index is 6.07. The lowest BCUT2D eigenvalue weighted by Gasteiger charge is -2.27. The molecule has 4 nitrogen and oxygen atoms in total. The van der Waals surface area contributed by atoms with Crippen molar-refractivity contribution in [3.8, 4) is 5.75 Å². The van der Waals surface area contributed by atoms with Gasteiger partial charge in [-0.1, -0.05) is 54.9 Å². The fourth-order valence-electron chi connectivity index (χ4n) is 5.13. The second kappa shape index (κ2) is 10.8. The monoisotopic (exact) mass is 487 g/mol. The van der Waals surface area contributed by atoms with Gasteiger partial charge in [-0.25, -0.2) is 4.98 Å². The third-order valence-corrected chi connectivity index (χ3v) is 7.42. The van der Waals surface area contributed by atoms with E-state index in [1.165, 1.54) is 41.5 Å². The molecule has 0 spiro atoms. The maximum Gasteiger partial charge on any atom is 0.148 e. The number of hydrogen-bond donors (Lipinski definition) is 1. The highest BCUT2D eigenvalue weighted by molar-refractivity contribution is 6.30. The number of nitrogens with zero attached hydrogens (tertiary/aromatic N) is 2. The molecule has 5 heteroatoms. The number of rotatable bonds is 9. The molecule has 2 atom stereocenters. The molecule has 1 aliphatic carbocycles. The predicted molar refractivity (Wildman–Crippen MR) is 144 cm³/mol. The summed E-state index contributed by atoms with van der Waals surface area (Å²) in [6.07, 6.45) is 4.77. The highest BCUT2D eigenvalue weighted by atomic mass is 35.5. The topological polar surface area (TPSA) is 39.1 Å². The van der Waals surface area contributed by atoms with E-state index in [1.54, 1.807) is 0 Å². The number of benzene rings is 3. The number of aryl methyl sites for hydroxylation is 3. The van der Waals surface area contributed by atoms with Gasteiger partial charge in [0, 0.05) is 17.6 Å². The third-order valence-electron chi connectivity index (χ3n) is 7.17. The van der Waals surface area contributed by atoms with Gasteiger partial charge in [0.15, 0.2) is 0 Å². The van der Waals surface area contributed by atoms with Crippen LogP contribution in [-0.4, -0.2) is 16.1 Å². The van der Waals surface area contributed by atoms with Crippen molar-refractivity contribution >= 4 is 22.6 Å². The normalized spacial score (nSPS) is 16.3. The molecule has 0 saturated heterocycles. The van der Waals surface area contributed by atoms with E-state index >= 15 is 0 Å². The molecule has 5 rings (SSSR count). The molecule has 1 aliphatic rings. The smallest absolute Gasteiger partial charge is 0.148 e. The van der Waals surface area contributed by atoms with Crippen LogP contribution >= 0.6 is 11.6 Å². The molecule has 0 aliphatic heterocycles. The first-order chi connectivity index (χ1) is 17.1. The second-order valence-corrected chi connectivity index (χ2v) is 10.2. The van der Waals surface area contributed by atoms with Crippen LogP contribution in [-0.2, 0) is 19.6 Å². The zero-order chi connectivity index (χ0) is 24.2. The second-order valence-electron chi connectivity index (χ2n) is 9.81. The van der Waals surface area contributed by atoms with E-state index in [0.29, 0.717) is 23.6 Å². The third kappa shape index (κ3) is 5.55. The molecule has 3 aromatic carbocycles. The molecule has 0 saturated carbocycles. The van der Waals surface area contributed by atoms with Crippen LogP contribution in [0.2, 0.25) is 5.02 Å². The first kappa shape index (κ1) is 23.9. The summed E-state index contributed by atoms with van der Waals surface area (Å²) in [5.74, 6) is 2.32. The average molecular weight is 488 g/mol. The molecular formula is C30H34ClN3O. The highest BCUT2D eigenvalue weighted by Gasteiger charge is 2.20. The lowest BCUT2D eigenvalue weighted by Crippen LogP contribution is -2.29. The van der Waals surface area contributed by atoms with E-state index in [9.17, 15) is 0 Å². The molecule has 0 bridgehead atoms. The lowest BCUT2D eigenvalue weighted by molar-refractivity contribution is 0.288. The summed E-state index contributed by atoms with van der Waals surface area (Å²) >= 11 is 6.02. The van der Waals surface area contributed by atoms with Gasteiger partial charge in [0.2, 0.25) is 0 Å². The van der Waals surface area contributed by atoms with Gasteiger partial charge in [-0.3, -0.25) is 0 Å². The minimum Gasteiger partial charge on any atom is -0.486 e. The Morgan fingerprint density at radius 2 is 1.91 bits per heavy atom. The molecule has 1 aromatic heterocycles. The van der Waals surface area contributed by atoms with Gasteiger partial charge < -0.3 is 14.6 Å². The number of ether oxygens (including phenoxy) is 1. The zero-order valence-electron chi connectivity index (χ0n) is 20.6. The van der Waals surface area contributed by atoms with Crippen molar-refractivity contribution < 1.29 is 4.74 Å². The Hall–Kier alpha value is -2.82. The molecule has 35 heavy (non-hydrogen) atoms. The number of nitrogens with one attached hydrogen (secondary N) is 1. The summed E-state index contributed by atoms with van der Waals surface area (Å²) in [5, 5.41) is 4.57. The average Bonchev–Trinajstić information content (AvgIpc) is 3.24. The minimum absolute atomic E-state index is 0.432. The molecule has 4 aromatic rings. The summed E-state index contributed by atoms with van der Waals surface area (Å²) in [4.78, 5) is 4.96. The summed E-state index contributed by atoms with van der Waals surface area (Å²) in [7, 11) is 0. The fraction of sp³-hybridized carbons (Fsp3) is 0.367. The van der Waals surface area contributed by atoms with Gasteiger partial charge in [-0.2, -0.15) is 0 Å². The van der Waals surface area contributed by atoms with Gasteiger partial charge in [0.05, 0.1) is 11.0 Å². The van der Waals surface area contributed by atoms with Crippen molar-refractivity contribution in [1.29, 1.82) is 0 Å². The molecule has 0 radical (unpaired) electrons. The van der Waals surface area contributed by atoms with Gasteiger partial charge in [0.25, 0.3) is 0 Å². The van der Waals surface area contributed by atoms with Crippen LogP contribution in [0.15, 0.2) is 66.7 Å². The molecule has 182 valence electrons. The van der Waals surface area contributed by atoms with E-state index in [1.807, 2.05) is 24.3 Å². The van der Waals surface area contributed by atoms with Crippen molar-refractivity contribution in [3.05, 3.63) is 94.3 Å². The number of imidazole rings is 1. The highest BCUT2D eigenvalue weighted by Crippen LogP contribution is 2.30. The van der Waals surface area contributed by atoms with Crippen molar-refractivity contribution in [2.75, 3.05) is 6.54 Å². The van der Waals surface area contributed by atoms with Crippen LogP contribution in [0.3, 0.4) is 0 Å². The van der Waals surface area contributed by atoms with Gasteiger partial charge in [-0.05, 0) is 92.1 Å². The quantitative estimate of drug-likeness (QED) is 0.270. The number of hydrogen-bond acceptors (Lipinski definition) is 3. The predicted octanol–water partition coefficient (Wildman–Crippen LogP) is 7.27. The van der Waals surface area contributed by atoms with Crippen LogP contribution in [0.25, 0.3) is 11.0 Å². The van der Waals surface area contributed by atoms with Crippen LogP contribution in [0.4, 0.5) is 0 Å². The Balaban J connectivity index is 1.25. The molecule has 0 amide bonds. The molecule has 2 unspecified atom stereocenters. The Bertz CT molecular complexity index is 1280. The van der Waals surface area contributed by atoms with E-state index in [0.717, 1.165) is 36.6 Å². The number of fused-ring (bicyclic) bond motifs is 2. The van der Waals surface area contributed by atoms with Crippen molar-refractivity contribution in [3.63, 3.8) is 0 Å². The van der Waals surface area contributed by atoms with Gasteiger partial charge in [-0.15, -0.1) is 0 Å². The molecule has 1 N–H and O–H groups in total. The van der Waals surface area contributed by atoms with Gasteiger partial charge >= 0.3 is 0 Å². The Kier molecular flexibility index (Phi) is 7.40. The number of aromatic nitrogens is 2. The van der Waals surface area contributed by atoms with Crippen LogP contribution in [0.5, 0.6) is 5.75 Å². The van der Waals surface area contributed by atoms with Crippen molar-refractivity contribution in [1.82, 2.24) is 14.9 Å². The summed E-state index contributed by atoms with van der Waals surface area (Å²) in [6, 6.07) is 23.3. The molecule has 1 heterocycles.